The highest BCUT2D eigenvalue weighted by Crippen LogP contribution is 2.38. The van der Waals surface area contributed by atoms with E-state index in [2.05, 4.69) is 50.9 Å². The van der Waals surface area contributed by atoms with Gasteiger partial charge < -0.3 is 14.3 Å². The number of ether oxygens (including phenoxy) is 1. The molecule has 0 aliphatic carbocycles. The summed E-state index contributed by atoms with van der Waals surface area (Å²) in [5.41, 5.74) is 1.23. The van der Waals surface area contributed by atoms with Gasteiger partial charge in [0.2, 0.25) is 0 Å². The molecule has 2 rings (SSSR count). The molecular weight excluding hydrogens is 318 g/mol. The van der Waals surface area contributed by atoms with Crippen molar-refractivity contribution in [3.63, 3.8) is 0 Å². The summed E-state index contributed by atoms with van der Waals surface area (Å²) in [4.78, 5) is 2.30. The molecule has 1 aliphatic rings. The summed E-state index contributed by atoms with van der Waals surface area (Å²) in [7, 11) is -0.131. The summed E-state index contributed by atoms with van der Waals surface area (Å²) in [6, 6.07) is 8.14. The van der Waals surface area contributed by atoms with Crippen LogP contribution in [-0.4, -0.2) is 50.7 Å². The van der Waals surface area contributed by atoms with Gasteiger partial charge in [0.05, 0.1) is 19.3 Å². The van der Waals surface area contributed by atoms with Crippen LogP contribution in [0.2, 0.25) is 18.1 Å². The van der Waals surface area contributed by atoms with Gasteiger partial charge in [0, 0.05) is 26.1 Å². The number of β-amino-alcohol motifs (C(OH)–C–C–N with tert-alkyl or cyclic N) is 1. The fraction of sp³-hybridized carbons (Fsp3) is 0.684. The number of benzene rings is 1. The van der Waals surface area contributed by atoms with Crippen molar-refractivity contribution in [2.75, 3.05) is 20.2 Å². The summed E-state index contributed by atoms with van der Waals surface area (Å²) < 4.78 is 11.7. The van der Waals surface area contributed by atoms with Gasteiger partial charge in [0.15, 0.2) is 8.32 Å². The molecule has 1 aliphatic heterocycles. The second kappa shape index (κ2) is 7.56. The molecule has 2 atom stereocenters. The molecule has 1 heterocycles. The molecule has 1 N–H and O–H groups in total. The zero-order valence-electron chi connectivity index (χ0n) is 16.0. The van der Waals surface area contributed by atoms with Gasteiger partial charge in [-0.3, -0.25) is 4.90 Å². The summed E-state index contributed by atoms with van der Waals surface area (Å²) in [5, 5.41) is 10.5. The SMILES string of the molecule is COc1ccc(CN2C[C@H](O)C[C@H](O[Si](C)(C)C(C)(C)C)C2)cc1. The first kappa shape index (κ1) is 19.4. The first-order chi connectivity index (χ1) is 11.1. The third-order valence-corrected chi connectivity index (χ3v) is 9.83. The maximum Gasteiger partial charge on any atom is 0.192 e. The highest BCUT2D eigenvalue weighted by atomic mass is 28.4. The van der Waals surface area contributed by atoms with Crippen molar-refractivity contribution in [1.82, 2.24) is 4.90 Å². The van der Waals surface area contributed by atoms with Crippen molar-refractivity contribution in [2.24, 2.45) is 0 Å². The normalized spacial score (nSPS) is 23.3. The van der Waals surface area contributed by atoms with E-state index in [1.807, 2.05) is 12.1 Å². The summed E-state index contributed by atoms with van der Waals surface area (Å²) in [6.07, 6.45) is 0.547. The molecule has 0 amide bonds. The van der Waals surface area contributed by atoms with Crippen molar-refractivity contribution in [3.8, 4) is 5.75 Å². The number of hydrogen-bond acceptors (Lipinski definition) is 4. The Hall–Kier alpha value is -0.883. The van der Waals surface area contributed by atoms with Crippen LogP contribution in [-0.2, 0) is 11.0 Å². The van der Waals surface area contributed by atoms with Crippen LogP contribution in [0.25, 0.3) is 0 Å². The third-order valence-electron chi connectivity index (χ3n) is 5.30. The predicted molar refractivity (Wildman–Crippen MR) is 101 cm³/mol. The van der Waals surface area contributed by atoms with Gasteiger partial charge >= 0.3 is 0 Å². The van der Waals surface area contributed by atoms with Gasteiger partial charge in [-0.1, -0.05) is 32.9 Å². The number of likely N-dealkylation sites (tertiary alicyclic amines) is 1. The van der Waals surface area contributed by atoms with Crippen molar-refractivity contribution in [1.29, 1.82) is 0 Å². The zero-order chi connectivity index (χ0) is 18.0. The smallest absolute Gasteiger partial charge is 0.192 e. The lowest BCUT2D eigenvalue weighted by Crippen LogP contribution is -2.52. The lowest BCUT2D eigenvalue weighted by atomic mass is 10.0. The predicted octanol–water partition coefficient (Wildman–Crippen LogP) is 3.65. The fourth-order valence-electron chi connectivity index (χ4n) is 2.91. The Morgan fingerprint density at radius 3 is 2.33 bits per heavy atom. The van der Waals surface area contributed by atoms with Gasteiger partial charge in [-0.25, -0.2) is 0 Å². The van der Waals surface area contributed by atoms with E-state index >= 15 is 0 Å². The lowest BCUT2D eigenvalue weighted by molar-refractivity contribution is -0.00568. The van der Waals surface area contributed by atoms with Gasteiger partial charge in [-0.15, -0.1) is 0 Å². The van der Waals surface area contributed by atoms with Crippen LogP contribution in [0, 0.1) is 0 Å². The monoisotopic (exact) mass is 351 g/mol. The van der Waals surface area contributed by atoms with Crippen LogP contribution in [0.15, 0.2) is 24.3 Å². The van der Waals surface area contributed by atoms with Crippen LogP contribution in [0.4, 0.5) is 0 Å². The second-order valence-electron chi connectivity index (χ2n) is 8.43. The fourth-order valence-corrected chi connectivity index (χ4v) is 4.27. The van der Waals surface area contributed by atoms with Crippen LogP contribution in [0.1, 0.15) is 32.8 Å². The molecule has 1 aromatic rings. The average Bonchev–Trinajstić information content (AvgIpc) is 2.45. The Balaban J connectivity index is 1.99. The van der Waals surface area contributed by atoms with Crippen LogP contribution in [0.5, 0.6) is 5.75 Å². The van der Waals surface area contributed by atoms with Gasteiger partial charge in [-0.05, 0) is 35.8 Å². The van der Waals surface area contributed by atoms with Crippen molar-refractivity contribution in [2.45, 2.75) is 64.1 Å². The van der Waals surface area contributed by atoms with E-state index in [4.69, 9.17) is 9.16 Å². The third kappa shape index (κ3) is 5.05. The Morgan fingerprint density at radius 2 is 1.79 bits per heavy atom. The second-order valence-corrected chi connectivity index (χ2v) is 13.2. The molecule has 0 aromatic heterocycles. The van der Waals surface area contributed by atoms with E-state index in [9.17, 15) is 5.11 Å². The molecule has 0 saturated carbocycles. The number of hydrogen-bond donors (Lipinski definition) is 1. The number of aliphatic hydroxyl groups is 1. The standard InChI is InChI=1S/C19H33NO3Si/c1-19(2,3)24(5,6)23-18-11-16(21)13-20(14-18)12-15-7-9-17(22-4)10-8-15/h7-10,16,18,21H,11-14H2,1-6H3/t16-,18+/m1/s1. The molecule has 136 valence electrons. The molecule has 1 saturated heterocycles. The van der Waals surface area contributed by atoms with E-state index in [0.717, 1.165) is 25.3 Å². The average molecular weight is 352 g/mol. The van der Waals surface area contributed by atoms with Crippen molar-refractivity contribution >= 4 is 8.32 Å². The Kier molecular flexibility index (Phi) is 6.12. The maximum atomic E-state index is 10.3. The minimum absolute atomic E-state index is 0.118. The molecule has 24 heavy (non-hydrogen) atoms. The summed E-state index contributed by atoms with van der Waals surface area (Å²) >= 11 is 0. The maximum absolute atomic E-state index is 10.3. The summed E-state index contributed by atoms with van der Waals surface area (Å²) in [5.74, 6) is 0.872. The minimum atomic E-state index is -1.81. The van der Waals surface area contributed by atoms with Crippen LogP contribution >= 0.6 is 0 Å². The Labute approximate surface area is 147 Å². The zero-order valence-corrected chi connectivity index (χ0v) is 17.0. The van der Waals surface area contributed by atoms with Crippen molar-refractivity contribution < 1.29 is 14.3 Å². The molecule has 0 spiro atoms. The number of aliphatic hydroxyl groups excluding tert-OH is 1. The van der Waals surface area contributed by atoms with E-state index in [1.54, 1.807) is 7.11 Å². The molecule has 1 aromatic carbocycles. The molecule has 0 unspecified atom stereocenters. The van der Waals surface area contributed by atoms with E-state index in [1.165, 1.54) is 5.56 Å². The van der Waals surface area contributed by atoms with Gasteiger partial charge in [0.1, 0.15) is 5.75 Å². The van der Waals surface area contributed by atoms with E-state index in [0.29, 0.717) is 6.54 Å². The molecule has 0 radical (unpaired) electrons. The minimum Gasteiger partial charge on any atom is -0.497 e. The molecule has 4 nitrogen and oxygen atoms in total. The number of methoxy groups -OCH3 is 1. The summed E-state index contributed by atoms with van der Waals surface area (Å²) in [6.45, 7) is 13.8. The van der Waals surface area contributed by atoms with Crippen LogP contribution < -0.4 is 4.74 Å². The van der Waals surface area contributed by atoms with Gasteiger partial charge in [0.25, 0.3) is 0 Å². The lowest BCUT2D eigenvalue weighted by Gasteiger charge is -2.43. The van der Waals surface area contributed by atoms with E-state index in [-0.39, 0.29) is 17.2 Å². The largest absolute Gasteiger partial charge is 0.497 e. The first-order valence-corrected chi connectivity index (χ1v) is 11.7. The topological polar surface area (TPSA) is 41.9 Å². The Morgan fingerprint density at radius 1 is 1.17 bits per heavy atom. The van der Waals surface area contributed by atoms with Crippen LogP contribution in [0.3, 0.4) is 0 Å². The highest BCUT2D eigenvalue weighted by molar-refractivity contribution is 6.74. The quantitative estimate of drug-likeness (QED) is 0.822. The number of rotatable bonds is 5. The number of piperidine rings is 1. The molecule has 0 bridgehead atoms. The molecular formula is C19H33NO3Si. The molecule has 5 heteroatoms. The van der Waals surface area contributed by atoms with Gasteiger partial charge in [-0.2, -0.15) is 0 Å². The number of nitrogens with zero attached hydrogens (tertiary/aromatic N) is 1. The Bertz CT molecular complexity index is 524. The van der Waals surface area contributed by atoms with Crippen molar-refractivity contribution in [3.05, 3.63) is 29.8 Å². The first-order valence-electron chi connectivity index (χ1n) is 8.82. The van der Waals surface area contributed by atoms with E-state index < -0.39 is 8.32 Å². The molecule has 1 fully saturated rings. The highest BCUT2D eigenvalue weighted by Gasteiger charge is 2.40.